The molecule has 0 N–H and O–H groups in total. The van der Waals surface area contributed by atoms with E-state index in [0.717, 1.165) is 0 Å². The molecule has 0 saturated carbocycles. The van der Waals surface area contributed by atoms with Crippen molar-refractivity contribution in [1.29, 1.82) is 0 Å². The third-order valence-electron chi connectivity index (χ3n) is 1.57. The fourth-order valence-corrected chi connectivity index (χ4v) is 1.72. The van der Waals surface area contributed by atoms with Gasteiger partial charge in [0.1, 0.15) is 4.60 Å². The Morgan fingerprint density at radius 1 is 1.46 bits per heavy atom. The highest BCUT2D eigenvalue weighted by Gasteiger charge is 2.24. The lowest BCUT2D eigenvalue weighted by Crippen LogP contribution is -2.23. The second-order valence-corrected chi connectivity index (χ2v) is 4.45. The number of hydrogen-bond donors (Lipinski definition) is 0. The van der Waals surface area contributed by atoms with Crippen molar-refractivity contribution >= 4 is 15.9 Å². The Kier molecular flexibility index (Phi) is 2.66. The van der Waals surface area contributed by atoms with Gasteiger partial charge in [-0.2, -0.15) is 4.39 Å². The van der Waals surface area contributed by atoms with E-state index in [9.17, 15) is 4.39 Å². The molecule has 0 fully saturated rings. The highest BCUT2D eigenvalue weighted by atomic mass is 79.9. The Bertz CT molecular complexity index is 317. The third kappa shape index (κ3) is 1.85. The maximum atomic E-state index is 13.3. The summed E-state index contributed by atoms with van der Waals surface area (Å²) < 4.78 is 19.9. The third-order valence-corrected chi connectivity index (χ3v) is 2.26. The molecule has 0 saturated heterocycles. The van der Waals surface area contributed by atoms with Crippen molar-refractivity contribution in [2.75, 3.05) is 7.11 Å². The molecule has 0 radical (unpaired) electrons. The maximum absolute atomic E-state index is 13.3. The molecule has 0 aliphatic heterocycles. The highest BCUT2D eigenvalue weighted by Crippen LogP contribution is 2.28. The van der Waals surface area contributed by atoms with Gasteiger partial charge in [-0.15, -0.1) is 5.10 Å². The fourth-order valence-electron chi connectivity index (χ4n) is 0.935. The molecule has 3 nitrogen and oxygen atoms in total. The van der Waals surface area contributed by atoms with Crippen LogP contribution < -0.4 is 4.74 Å². The van der Waals surface area contributed by atoms with E-state index < -0.39 is 5.82 Å². The average Bonchev–Trinajstić information content (AvgIpc) is 2.28. The second kappa shape index (κ2) is 3.29. The van der Waals surface area contributed by atoms with E-state index in [4.69, 9.17) is 4.74 Å². The Morgan fingerprint density at radius 3 is 2.23 bits per heavy atom. The quantitative estimate of drug-likeness (QED) is 0.766. The first kappa shape index (κ1) is 10.5. The molecule has 74 valence electrons. The van der Waals surface area contributed by atoms with Crippen LogP contribution in [0.2, 0.25) is 0 Å². The first-order valence-corrected chi connectivity index (χ1v) is 4.65. The average molecular weight is 251 g/mol. The summed E-state index contributed by atoms with van der Waals surface area (Å²) >= 11 is 3.12. The van der Waals surface area contributed by atoms with Crippen molar-refractivity contribution in [3.05, 3.63) is 10.4 Å². The molecule has 0 unspecified atom stereocenters. The minimum absolute atomic E-state index is 0.0156. The van der Waals surface area contributed by atoms with Crippen LogP contribution in [0.15, 0.2) is 4.60 Å². The predicted octanol–water partition coefficient (Wildman–Crippen LogP) is 2.55. The van der Waals surface area contributed by atoms with Crippen LogP contribution in [0.25, 0.3) is 0 Å². The van der Waals surface area contributed by atoms with Crippen LogP contribution in [0.5, 0.6) is 5.88 Å². The molecule has 0 aliphatic carbocycles. The zero-order valence-electron chi connectivity index (χ0n) is 8.06. The first-order chi connectivity index (χ1) is 5.88. The molecule has 0 atom stereocenters. The van der Waals surface area contributed by atoms with Gasteiger partial charge >= 0.3 is 0 Å². The summed E-state index contributed by atoms with van der Waals surface area (Å²) in [4.78, 5) is 0. The molecule has 0 amide bonds. The van der Waals surface area contributed by atoms with Crippen LogP contribution in [0.4, 0.5) is 4.39 Å². The van der Waals surface area contributed by atoms with Crippen LogP contribution in [-0.2, 0) is 5.54 Å². The van der Waals surface area contributed by atoms with Gasteiger partial charge in [-0.05, 0) is 36.7 Å². The maximum Gasteiger partial charge on any atom is 0.270 e. The zero-order valence-corrected chi connectivity index (χ0v) is 9.64. The van der Waals surface area contributed by atoms with Crippen molar-refractivity contribution in [3.63, 3.8) is 0 Å². The van der Waals surface area contributed by atoms with E-state index in [1.165, 1.54) is 7.11 Å². The lowest BCUT2D eigenvalue weighted by atomic mass is 10.1. The molecule has 1 aromatic rings. The molecule has 1 rings (SSSR count). The summed E-state index contributed by atoms with van der Waals surface area (Å²) in [5.74, 6) is -0.445. The van der Waals surface area contributed by atoms with Gasteiger partial charge in [-0.3, -0.25) is 0 Å². The van der Waals surface area contributed by atoms with Crippen molar-refractivity contribution in [2.24, 2.45) is 0 Å². The van der Waals surface area contributed by atoms with Crippen LogP contribution in [0.1, 0.15) is 20.8 Å². The fraction of sp³-hybridized carbons (Fsp3) is 0.625. The van der Waals surface area contributed by atoms with E-state index in [1.807, 2.05) is 20.8 Å². The smallest absolute Gasteiger partial charge is 0.270 e. The molecule has 0 aromatic carbocycles. The van der Waals surface area contributed by atoms with Gasteiger partial charge < -0.3 is 4.74 Å². The molecule has 0 spiro atoms. The summed E-state index contributed by atoms with van der Waals surface area (Å²) in [5, 5.41) is 3.97. The number of halogens is 2. The number of rotatable bonds is 1. The minimum atomic E-state index is -0.461. The van der Waals surface area contributed by atoms with Gasteiger partial charge in [-0.25, -0.2) is 4.68 Å². The summed E-state index contributed by atoms with van der Waals surface area (Å²) in [7, 11) is 1.39. The SMILES string of the molecule is COc1nn(C(C)(C)C)c(Br)c1F. The monoisotopic (exact) mass is 250 g/mol. The van der Waals surface area contributed by atoms with Gasteiger partial charge in [0, 0.05) is 0 Å². The molecular weight excluding hydrogens is 239 g/mol. The van der Waals surface area contributed by atoms with Crippen molar-refractivity contribution < 1.29 is 9.13 Å². The molecule has 0 bridgehead atoms. The number of aromatic nitrogens is 2. The molecular formula is C8H12BrFN2O. The van der Waals surface area contributed by atoms with Gasteiger partial charge in [-0.1, -0.05) is 0 Å². The molecule has 0 aliphatic rings. The van der Waals surface area contributed by atoms with E-state index >= 15 is 0 Å². The minimum Gasteiger partial charge on any atom is -0.478 e. The van der Waals surface area contributed by atoms with E-state index in [1.54, 1.807) is 4.68 Å². The van der Waals surface area contributed by atoms with Crippen LogP contribution in [0, 0.1) is 5.82 Å². The van der Waals surface area contributed by atoms with Gasteiger partial charge in [0.05, 0.1) is 12.6 Å². The number of methoxy groups -OCH3 is 1. The Hall–Kier alpha value is -0.580. The summed E-state index contributed by atoms with van der Waals surface area (Å²) in [6.45, 7) is 5.80. The van der Waals surface area contributed by atoms with Crippen LogP contribution >= 0.6 is 15.9 Å². The standard InChI is InChI=1S/C8H12BrFN2O/c1-8(2,3)12-6(9)5(10)7(11-12)13-4/h1-4H3. The van der Waals surface area contributed by atoms with E-state index in [2.05, 4.69) is 21.0 Å². The topological polar surface area (TPSA) is 27.1 Å². The molecule has 1 aromatic heterocycles. The number of hydrogen-bond acceptors (Lipinski definition) is 2. The normalized spacial score (nSPS) is 11.8. The first-order valence-electron chi connectivity index (χ1n) is 3.86. The summed E-state index contributed by atoms with van der Waals surface area (Å²) in [5.41, 5.74) is -0.267. The van der Waals surface area contributed by atoms with Crippen molar-refractivity contribution in [2.45, 2.75) is 26.3 Å². The molecule has 13 heavy (non-hydrogen) atoms. The number of ether oxygens (including phenoxy) is 1. The zero-order chi connectivity index (χ0) is 10.2. The predicted molar refractivity (Wildman–Crippen MR) is 51.4 cm³/mol. The van der Waals surface area contributed by atoms with Crippen LogP contribution in [-0.4, -0.2) is 16.9 Å². The number of nitrogens with zero attached hydrogens (tertiary/aromatic N) is 2. The second-order valence-electron chi connectivity index (χ2n) is 3.70. The Labute approximate surface area is 85.0 Å². The van der Waals surface area contributed by atoms with Crippen molar-refractivity contribution in [3.8, 4) is 5.88 Å². The van der Waals surface area contributed by atoms with Gasteiger partial charge in [0.25, 0.3) is 5.88 Å². The summed E-state index contributed by atoms with van der Waals surface area (Å²) in [6.07, 6.45) is 0. The lowest BCUT2D eigenvalue weighted by Gasteiger charge is -2.19. The lowest BCUT2D eigenvalue weighted by molar-refractivity contribution is 0.324. The molecule has 1 heterocycles. The van der Waals surface area contributed by atoms with Gasteiger partial charge in [0.2, 0.25) is 5.82 Å². The van der Waals surface area contributed by atoms with E-state index in [0.29, 0.717) is 4.60 Å². The van der Waals surface area contributed by atoms with Crippen LogP contribution in [0.3, 0.4) is 0 Å². The Morgan fingerprint density at radius 2 is 2.00 bits per heavy atom. The highest BCUT2D eigenvalue weighted by molar-refractivity contribution is 9.10. The van der Waals surface area contributed by atoms with Gasteiger partial charge in [0.15, 0.2) is 0 Å². The summed E-state index contributed by atoms with van der Waals surface area (Å²) in [6, 6.07) is 0. The van der Waals surface area contributed by atoms with E-state index in [-0.39, 0.29) is 11.4 Å². The Balaban J connectivity index is 3.25. The van der Waals surface area contributed by atoms with Crippen molar-refractivity contribution in [1.82, 2.24) is 9.78 Å². The largest absolute Gasteiger partial charge is 0.478 e. The molecule has 5 heteroatoms.